The van der Waals surface area contributed by atoms with E-state index >= 15 is 0 Å². The summed E-state index contributed by atoms with van der Waals surface area (Å²) in [5.41, 5.74) is 3.23. The zero-order valence-corrected chi connectivity index (χ0v) is 14.4. The van der Waals surface area contributed by atoms with E-state index in [4.69, 9.17) is 9.15 Å². The molecule has 0 radical (unpaired) electrons. The summed E-state index contributed by atoms with van der Waals surface area (Å²) in [4.78, 5) is 44.2. The number of ether oxygens (including phenoxy) is 1. The van der Waals surface area contributed by atoms with E-state index in [1.165, 1.54) is 13.3 Å². The molecule has 0 saturated heterocycles. The number of hydrogen-bond acceptors (Lipinski definition) is 6. The van der Waals surface area contributed by atoms with Gasteiger partial charge in [-0.2, -0.15) is 0 Å². The van der Waals surface area contributed by atoms with Crippen molar-refractivity contribution in [1.82, 2.24) is 14.9 Å². The Labute approximate surface area is 152 Å². The van der Waals surface area contributed by atoms with Crippen molar-refractivity contribution in [3.63, 3.8) is 0 Å². The summed E-state index contributed by atoms with van der Waals surface area (Å²) in [5.74, 6) is -0.949. The molecule has 0 spiro atoms. The molecule has 3 heterocycles. The molecule has 1 aliphatic heterocycles. The first-order valence-electron chi connectivity index (χ1n) is 8.28. The number of fused-ring (bicyclic) bond motifs is 2. The van der Waals surface area contributed by atoms with Gasteiger partial charge in [0.15, 0.2) is 5.58 Å². The highest BCUT2D eigenvalue weighted by Gasteiger charge is 2.25. The number of para-hydroxylation sites is 1. The number of anilines is 1. The third-order valence-corrected chi connectivity index (χ3v) is 4.51. The highest BCUT2D eigenvalue weighted by atomic mass is 16.5. The molecule has 0 unspecified atom stereocenters. The van der Waals surface area contributed by atoms with Crippen molar-refractivity contribution in [2.75, 3.05) is 19.0 Å². The lowest BCUT2D eigenvalue weighted by molar-refractivity contribution is 0.102. The van der Waals surface area contributed by atoms with Crippen LogP contribution in [0.5, 0.6) is 0 Å². The largest absolute Gasteiger partial charge is 0.453 e. The Balaban J connectivity index is 1.63. The molecule has 0 atom stereocenters. The summed E-state index contributed by atoms with van der Waals surface area (Å²) in [6, 6.07) is 5.04. The van der Waals surface area contributed by atoms with Crippen LogP contribution in [0, 0.1) is 0 Å². The molecule has 0 aliphatic carbocycles. The standard InChI is InChI=1S/C18H16N4O5/c1-26-18(25)22-6-5-11-10(9-22)7-19-8-12(11)16(23)20-13-3-2-4-14-15(13)27-17(24)21-14/h2-4,7-8H,5-6,9H2,1H3,(H,20,23)(H,21,24). The van der Waals surface area contributed by atoms with Gasteiger partial charge in [-0.25, -0.2) is 9.59 Å². The minimum atomic E-state index is -0.589. The highest BCUT2D eigenvalue weighted by Crippen LogP contribution is 2.25. The summed E-state index contributed by atoms with van der Waals surface area (Å²) >= 11 is 0. The number of oxazole rings is 1. The number of rotatable bonds is 2. The van der Waals surface area contributed by atoms with Crippen LogP contribution >= 0.6 is 0 Å². The van der Waals surface area contributed by atoms with Crippen LogP contribution in [0.15, 0.2) is 39.8 Å². The molecular formula is C18H16N4O5. The predicted octanol–water partition coefficient (Wildman–Crippen LogP) is 1.89. The van der Waals surface area contributed by atoms with Gasteiger partial charge < -0.3 is 19.4 Å². The van der Waals surface area contributed by atoms with Gasteiger partial charge in [-0.15, -0.1) is 0 Å². The second-order valence-corrected chi connectivity index (χ2v) is 6.12. The van der Waals surface area contributed by atoms with Gasteiger partial charge in [-0.05, 0) is 29.7 Å². The summed E-state index contributed by atoms with van der Waals surface area (Å²) < 4.78 is 9.85. The Morgan fingerprint density at radius 1 is 1.33 bits per heavy atom. The molecule has 9 heteroatoms. The maximum atomic E-state index is 12.8. The zero-order chi connectivity index (χ0) is 19.0. The van der Waals surface area contributed by atoms with Crippen LogP contribution in [0.25, 0.3) is 11.1 Å². The number of H-pyrrole nitrogens is 1. The molecule has 9 nitrogen and oxygen atoms in total. The number of nitrogens with one attached hydrogen (secondary N) is 2. The minimum absolute atomic E-state index is 0.283. The first kappa shape index (κ1) is 16.8. The van der Waals surface area contributed by atoms with Crippen molar-refractivity contribution >= 4 is 28.8 Å². The van der Waals surface area contributed by atoms with Crippen LogP contribution in [0.4, 0.5) is 10.5 Å². The van der Waals surface area contributed by atoms with Gasteiger partial charge in [-0.3, -0.25) is 14.8 Å². The predicted molar refractivity (Wildman–Crippen MR) is 95.5 cm³/mol. The Kier molecular flexibility index (Phi) is 4.11. The Morgan fingerprint density at radius 2 is 2.19 bits per heavy atom. The smallest absolute Gasteiger partial charge is 0.417 e. The van der Waals surface area contributed by atoms with Crippen LogP contribution in [0.1, 0.15) is 21.5 Å². The van der Waals surface area contributed by atoms with Crippen molar-refractivity contribution in [1.29, 1.82) is 0 Å². The van der Waals surface area contributed by atoms with E-state index < -0.39 is 11.8 Å². The second kappa shape index (κ2) is 6.60. The molecule has 1 aromatic carbocycles. The van der Waals surface area contributed by atoms with Crippen molar-refractivity contribution < 1.29 is 18.7 Å². The number of aromatic amines is 1. The number of benzene rings is 1. The molecule has 27 heavy (non-hydrogen) atoms. The molecule has 0 bridgehead atoms. The molecule has 2 amide bonds. The Bertz CT molecular complexity index is 1100. The Morgan fingerprint density at radius 3 is 3.00 bits per heavy atom. The van der Waals surface area contributed by atoms with Crippen molar-refractivity contribution in [2.45, 2.75) is 13.0 Å². The van der Waals surface area contributed by atoms with Gasteiger partial charge in [-0.1, -0.05) is 6.07 Å². The average molecular weight is 368 g/mol. The Hall–Kier alpha value is -3.62. The molecule has 0 fully saturated rings. The lowest BCUT2D eigenvalue weighted by Crippen LogP contribution is -2.36. The van der Waals surface area contributed by atoms with Gasteiger partial charge in [0.1, 0.15) is 0 Å². The third kappa shape index (κ3) is 3.03. The molecule has 1 aliphatic rings. The van der Waals surface area contributed by atoms with Gasteiger partial charge >= 0.3 is 11.8 Å². The van der Waals surface area contributed by atoms with E-state index in [1.807, 2.05) is 0 Å². The first-order chi connectivity index (χ1) is 13.1. The van der Waals surface area contributed by atoms with Gasteiger partial charge in [0.05, 0.1) is 30.4 Å². The topological polar surface area (TPSA) is 118 Å². The molecule has 4 rings (SSSR count). The van der Waals surface area contributed by atoms with Crippen molar-refractivity contribution in [2.24, 2.45) is 0 Å². The van der Waals surface area contributed by atoms with Crippen molar-refractivity contribution in [3.05, 3.63) is 57.8 Å². The van der Waals surface area contributed by atoms with Crippen molar-refractivity contribution in [3.8, 4) is 0 Å². The number of methoxy groups -OCH3 is 1. The van der Waals surface area contributed by atoms with Gasteiger partial charge in [0.2, 0.25) is 0 Å². The van der Waals surface area contributed by atoms with Gasteiger partial charge in [0.25, 0.3) is 5.91 Å². The van der Waals surface area contributed by atoms with Crippen LogP contribution in [-0.2, 0) is 17.7 Å². The minimum Gasteiger partial charge on any atom is -0.453 e. The van der Waals surface area contributed by atoms with E-state index in [9.17, 15) is 14.4 Å². The quantitative estimate of drug-likeness (QED) is 0.713. The fraction of sp³-hybridized carbons (Fsp3) is 0.222. The number of carbonyl (C=O) groups excluding carboxylic acids is 2. The second-order valence-electron chi connectivity index (χ2n) is 6.12. The normalized spacial score (nSPS) is 13.3. The van der Waals surface area contributed by atoms with E-state index in [0.717, 1.165) is 11.1 Å². The first-order valence-corrected chi connectivity index (χ1v) is 8.28. The lowest BCUT2D eigenvalue weighted by atomic mass is 9.97. The summed E-state index contributed by atoms with van der Waals surface area (Å²) in [7, 11) is 1.33. The monoisotopic (exact) mass is 368 g/mol. The highest BCUT2D eigenvalue weighted by molar-refractivity contribution is 6.08. The van der Waals surface area contributed by atoms with E-state index in [0.29, 0.717) is 36.3 Å². The molecule has 2 N–H and O–H groups in total. The van der Waals surface area contributed by atoms with Crippen LogP contribution in [-0.4, -0.2) is 40.5 Å². The zero-order valence-electron chi connectivity index (χ0n) is 14.4. The molecule has 0 saturated carbocycles. The number of pyridine rings is 1. The average Bonchev–Trinajstić information content (AvgIpc) is 3.07. The lowest BCUT2D eigenvalue weighted by Gasteiger charge is -2.28. The number of carbonyl (C=O) groups is 2. The number of amides is 2. The molecular weight excluding hydrogens is 352 g/mol. The third-order valence-electron chi connectivity index (χ3n) is 4.51. The summed E-state index contributed by atoms with van der Waals surface area (Å²) in [5, 5.41) is 2.77. The van der Waals surface area contributed by atoms with Crippen LogP contribution in [0.3, 0.4) is 0 Å². The van der Waals surface area contributed by atoms with E-state index in [2.05, 4.69) is 15.3 Å². The molecule has 3 aromatic rings. The van der Waals surface area contributed by atoms with Crippen LogP contribution in [0.2, 0.25) is 0 Å². The van der Waals surface area contributed by atoms with E-state index in [1.54, 1.807) is 29.3 Å². The fourth-order valence-electron chi connectivity index (χ4n) is 3.24. The van der Waals surface area contributed by atoms with E-state index in [-0.39, 0.29) is 11.5 Å². The van der Waals surface area contributed by atoms with Crippen LogP contribution < -0.4 is 11.1 Å². The molecule has 2 aromatic heterocycles. The summed E-state index contributed by atoms with van der Waals surface area (Å²) in [6.07, 6.45) is 3.24. The SMILES string of the molecule is COC(=O)N1CCc2c(cncc2C(=O)Nc2cccc3[nH]c(=O)oc23)C1. The number of hydrogen-bond donors (Lipinski definition) is 2. The maximum absolute atomic E-state index is 12.8. The summed E-state index contributed by atoms with van der Waals surface area (Å²) in [6.45, 7) is 0.782. The number of nitrogens with zero attached hydrogens (tertiary/aromatic N) is 2. The number of aromatic nitrogens is 2. The van der Waals surface area contributed by atoms with Gasteiger partial charge in [0, 0.05) is 18.9 Å². The fourth-order valence-corrected chi connectivity index (χ4v) is 3.24. The molecule has 138 valence electrons. The maximum Gasteiger partial charge on any atom is 0.417 e.